The SMILES string of the molecule is CC(N(C)S(=O)(=O)c1ccc(CCO)s1)C(C)(C)C. The number of hydrogen-bond donors (Lipinski definition) is 1. The molecule has 0 aromatic carbocycles. The first-order chi connectivity index (χ1) is 8.60. The molecule has 1 unspecified atom stereocenters. The van der Waals surface area contributed by atoms with Gasteiger partial charge < -0.3 is 5.11 Å². The zero-order valence-electron chi connectivity index (χ0n) is 12.2. The van der Waals surface area contributed by atoms with Gasteiger partial charge in [0.25, 0.3) is 10.0 Å². The van der Waals surface area contributed by atoms with Crippen LogP contribution in [-0.4, -0.2) is 37.5 Å². The maximum atomic E-state index is 12.5. The van der Waals surface area contributed by atoms with Crippen molar-refractivity contribution in [2.24, 2.45) is 5.41 Å². The molecular weight excluding hydrogens is 282 g/mol. The van der Waals surface area contributed by atoms with E-state index < -0.39 is 10.0 Å². The van der Waals surface area contributed by atoms with Crippen LogP contribution in [-0.2, 0) is 16.4 Å². The number of aliphatic hydroxyl groups is 1. The van der Waals surface area contributed by atoms with Crippen molar-refractivity contribution < 1.29 is 13.5 Å². The largest absolute Gasteiger partial charge is 0.396 e. The number of nitrogens with zero attached hydrogens (tertiary/aromatic N) is 1. The highest BCUT2D eigenvalue weighted by atomic mass is 32.2. The van der Waals surface area contributed by atoms with Crippen molar-refractivity contribution in [1.82, 2.24) is 4.31 Å². The molecule has 0 bridgehead atoms. The summed E-state index contributed by atoms with van der Waals surface area (Å²) in [5.74, 6) is 0. The lowest BCUT2D eigenvalue weighted by molar-refractivity contribution is 0.217. The minimum absolute atomic E-state index is 0.0359. The molecule has 1 aromatic rings. The van der Waals surface area contributed by atoms with Crippen LogP contribution in [0, 0.1) is 5.41 Å². The highest BCUT2D eigenvalue weighted by Gasteiger charge is 2.33. The van der Waals surface area contributed by atoms with Crippen LogP contribution in [0.4, 0.5) is 0 Å². The molecule has 0 aliphatic rings. The quantitative estimate of drug-likeness (QED) is 0.908. The molecule has 0 radical (unpaired) electrons. The molecule has 1 heterocycles. The van der Waals surface area contributed by atoms with Crippen LogP contribution in [0.5, 0.6) is 0 Å². The third-order valence-corrected chi connectivity index (χ3v) is 6.97. The molecule has 0 aliphatic carbocycles. The van der Waals surface area contributed by atoms with Gasteiger partial charge in [0.15, 0.2) is 0 Å². The first kappa shape index (κ1) is 16.6. The van der Waals surface area contributed by atoms with E-state index in [9.17, 15) is 8.42 Å². The number of rotatable bonds is 5. The van der Waals surface area contributed by atoms with Gasteiger partial charge in [-0.1, -0.05) is 20.8 Å². The minimum Gasteiger partial charge on any atom is -0.396 e. The van der Waals surface area contributed by atoms with Gasteiger partial charge in [-0.25, -0.2) is 8.42 Å². The van der Waals surface area contributed by atoms with Gasteiger partial charge in [0.05, 0.1) is 0 Å². The average molecular weight is 305 g/mol. The molecule has 0 aliphatic heterocycles. The summed E-state index contributed by atoms with van der Waals surface area (Å²) in [5.41, 5.74) is -0.118. The van der Waals surface area contributed by atoms with E-state index in [1.807, 2.05) is 27.7 Å². The van der Waals surface area contributed by atoms with E-state index in [0.717, 1.165) is 4.88 Å². The summed E-state index contributed by atoms with van der Waals surface area (Å²) in [6.45, 7) is 8.02. The summed E-state index contributed by atoms with van der Waals surface area (Å²) in [4.78, 5) is 0.887. The molecule has 1 rings (SSSR count). The summed E-state index contributed by atoms with van der Waals surface area (Å²) >= 11 is 1.23. The van der Waals surface area contributed by atoms with Crippen molar-refractivity contribution in [3.05, 3.63) is 17.0 Å². The first-order valence-corrected chi connectivity index (χ1v) is 8.54. The Kier molecular flexibility index (Phi) is 5.17. The van der Waals surface area contributed by atoms with Crippen molar-refractivity contribution in [1.29, 1.82) is 0 Å². The number of aliphatic hydroxyl groups excluding tert-OH is 1. The lowest BCUT2D eigenvalue weighted by atomic mass is 9.88. The lowest BCUT2D eigenvalue weighted by Crippen LogP contribution is -2.42. The molecule has 0 saturated heterocycles. The van der Waals surface area contributed by atoms with Gasteiger partial charge in [-0.05, 0) is 24.5 Å². The molecule has 6 heteroatoms. The standard InChI is InChI=1S/C13H23NO3S2/c1-10(13(2,3)4)14(5)19(16,17)12-7-6-11(18-12)8-9-15/h6-7,10,15H,8-9H2,1-5H3. The Labute approximate surface area is 120 Å². The average Bonchev–Trinajstić information content (AvgIpc) is 2.75. The number of thiophene rings is 1. The van der Waals surface area contributed by atoms with E-state index in [1.165, 1.54) is 15.6 Å². The van der Waals surface area contributed by atoms with Crippen LogP contribution in [0.1, 0.15) is 32.6 Å². The molecule has 0 amide bonds. The van der Waals surface area contributed by atoms with Crippen molar-refractivity contribution in [2.75, 3.05) is 13.7 Å². The molecule has 19 heavy (non-hydrogen) atoms. The Morgan fingerprint density at radius 3 is 2.42 bits per heavy atom. The van der Waals surface area contributed by atoms with Crippen LogP contribution in [0.15, 0.2) is 16.3 Å². The molecular formula is C13H23NO3S2. The second kappa shape index (κ2) is 5.91. The van der Waals surface area contributed by atoms with Crippen LogP contribution < -0.4 is 0 Å². The summed E-state index contributed by atoms with van der Waals surface area (Å²) in [5, 5.41) is 8.88. The smallest absolute Gasteiger partial charge is 0.252 e. The monoisotopic (exact) mass is 305 g/mol. The Morgan fingerprint density at radius 1 is 1.37 bits per heavy atom. The molecule has 4 nitrogen and oxygen atoms in total. The minimum atomic E-state index is -3.45. The van der Waals surface area contributed by atoms with Crippen molar-refractivity contribution in [3.8, 4) is 0 Å². The van der Waals surface area contributed by atoms with E-state index in [-0.39, 0.29) is 18.1 Å². The normalized spacial score (nSPS) is 14.9. The van der Waals surface area contributed by atoms with Gasteiger partial charge in [0.2, 0.25) is 0 Å². The van der Waals surface area contributed by atoms with Crippen molar-refractivity contribution >= 4 is 21.4 Å². The summed E-state index contributed by atoms with van der Waals surface area (Å²) in [6, 6.07) is 3.29. The lowest BCUT2D eigenvalue weighted by Gasteiger charge is -2.34. The molecule has 1 aromatic heterocycles. The van der Waals surface area contributed by atoms with Gasteiger partial charge in [-0.15, -0.1) is 11.3 Å². The molecule has 1 N–H and O–H groups in total. The maximum Gasteiger partial charge on any atom is 0.252 e. The van der Waals surface area contributed by atoms with Crippen LogP contribution in [0.25, 0.3) is 0 Å². The van der Waals surface area contributed by atoms with Gasteiger partial charge in [0.1, 0.15) is 4.21 Å². The second-order valence-electron chi connectivity index (χ2n) is 5.76. The molecule has 0 spiro atoms. The van der Waals surface area contributed by atoms with Gasteiger partial charge in [-0.2, -0.15) is 4.31 Å². The van der Waals surface area contributed by atoms with Gasteiger partial charge in [-0.3, -0.25) is 0 Å². The van der Waals surface area contributed by atoms with Crippen LogP contribution >= 0.6 is 11.3 Å². The van der Waals surface area contributed by atoms with E-state index in [2.05, 4.69) is 0 Å². The van der Waals surface area contributed by atoms with E-state index >= 15 is 0 Å². The fraction of sp³-hybridized carbons (Fsp3) is 0.692. The molecule has 0 saturated carbocycles. The predicted molar refractivity (Wildman–Crippen MR) is 79.0 cm³/mol. The Hall–Kier alpha value is -0.430. The summed E-state index contributed by atoms with van der Waals surface area (Å²) in [6.07, 6.45) is 0.499. The fourth-order valence-electron chi connectivity index (χ4n) is 1.64. The Morgan fingerprint density at radius 2 is 1.95 bits per heavy atom. The molecule has 0 fully saturated rings. The number of sulfonamides is 1. The topological polar surface area (TPSA) is 57.6 Å². The van der Waals surface area contributed by atoms with Crippen LogP contribution in [0.3, 0.4) is 0 Å². The van der Waals surface area contributed by atoms with E-state index in [4.69, 9.17) is 5.11 Å². The Bertz CT molecular complexity index is 514. The third-order valence-electron chi connectivity index (χ3n) is 3.43. The maximum absolute atomic E-state index is 12.5. The zero-order valence-corrected chi connectivity index (χ0v) is 13.8. The highest BCUT2D eigenvalue weighted by Crippen LogP contribution is 2.30. The van der Waals surface area contributed by atoms with Crippen molar-refractivity contribution in [2.45, 2.75) is 44.4 Å². The predicted octanol–water partition coefficient (Wildman–Crippen LogP) is 2.34. The van der Waals surface area contributed by atoms with Crippen molar-refractivity contribution in [3.63, 3.8) is 0 Å². The molecule has 1 atom stereocenters. The third kappa shape index (κ3) is 3.78. The van der Waals surface area contributed by atoms with E-state index in [1.54, 1.807) is 19.2 Å². The fourth-order valence-corrected chi connectivity index (χ4v) is 4.71. The summed E-state index contributed by atoms with van der Waals surface area (Å²) < 4.78 is 26.8. The van der Waals surface area contributed by atoms with Gasteiger partial charge in [0, 0.05) is 31.0 Å². The van der Waals surface area contributed by atoms with Gasteiger partial charge >= 0.3 is 0 Å². The summed E-state index contributed by atoms with van der Waals surface area (Å²) in [7, 11) is -1.83. The second-order valence-corrected chi connectivity index (χ2v) is 9.15. The highest BCUT2D eigenvalue weighted by molar-refractivity contribution is 7.91. The molecule has 110 valence electrons. The number of hydrogen-bond acceptors (Lipinski definition) is 4. The Balaban J connectivity index is 3.02. The zero-order chi connectivity index (χ0) is 14.8. The first-order valence-electron chi connectivity index (χ1n) is 6.28. The van der Waals surface area contributed by atoms with E-state index in [0.29, 0.717) is 10.6 Å². The van der Waals surface area contributed by atoms with Crippen LogP contribution in [0.2, 0.25) is 0 Å².